The lowest BCUT2D eigenvalue weighted by Gasteiger charge is -2.53. The topological polar surface area (TPSA) is 52.0 Å². The smallest absolute Gasteiger partial charge is 0.143 e. The van der Waals surface area contributed by atoms with Gasteiger partial charge in [-0.3, -0.25) is 0 Å². The van der Waals surface area contributed by atoms with Gasteiger partial charge in [-0.2, -0.15) is 5.10 Å². The highest BCUT2D eigenvalue weighted by Gasteiger charge is 2.49. The molecule has 118 valence electrons. The lowest BCUT2D eigenvalue weighted by molar-refractivity contribution is -0.121. The standard InChI is InChI=1S/C16H28N4O/c1-4-5-9-21-14-10-13(16(14,2)3)19-12-7-6-8-20-15(12)17-11-18-20/h11-14,19H,4-10H2,1-3H3. The maximum absolute atomic E-state index is 6.03. The van der Waals surface area contributed by atoms with Crippen LogP contribution in [0.25, 0.3) is 0 Å². The van der Waals surface area contributed by atoms with Crippen molar-refractivity contribution >= 4 is 0 Å². The Bertz CT molecular complexity index is 471. The maximum atomic E-state index is 6.03. The lowest BCUT2D eigenvalue weighted by atomic mass is 9.64. The normalized spacial score (nSPS) is 30.7. The maximum Gasteiger partial charge on any atom is 0.143 e. The van der Waals surface area contributed by atoms with Gasteiger partial charge in [-0.25, -0.2) is 9.67 Å². The molecule has 1 aromatic rings. The molecule has 2 aliphatic rings. The zero-order chi connectivity index (χ0) is 14.9. The molecule has 3 unspecified atom stereocenters. The van der Waals surface area contributed by atoms with Gasteiger partial charge in [0.05, 0.1) is 12.1 Å². The van der Waals surface area contributed by atoms with Crippen LogP contribution in [0.1, 0.15) is 64.7 Å². The Labute approximate surface area is 127 Å². The summed E-state index contributed by atoms with van der Waals surface area (Å²) in [4.78, 5) is 4.44. The molecule has 2 heterocycles. The SMILES string of the molecule is CCCCOC1CC(NC2CCCn3ncnc32)C1(C)C. The Morgan fingerprint density at radius 1 is 1.48 bits per heavy atom. The first-order valence-electron chi connectivity index (χ1n) is 8.38. The summed E-state index contributed by atoms with van der Waals surface area (Å²) in [6.07, 6.45) is 7.88. The molecule has 1 aliphatic heterocycles. The van der Waals surface area contributed by atoms with Crippen molar-refractivity contribution in [3.05, 3.63) is 12.2 Å². The van der Waals surface area contributed by atoms with Crippen molar-refractivity contribution in [3.63, 3.8) is 0 Å². The highest BCUT2D eigenvalue weighted by molar-refractivity contribution is 5.07. The summed E-state index contributed by atoms with van der Waals surface area (Å²) < 4.78 is 8.08. The average Bonchev–Trinajstić information content (AvgIpc) is 2.94. The number of hydrogen-bond donors (Lipinski definition) is 1. The fourth-order valence-electron chi connectivity index (χ4n) is 3.51. The predicted octanol–water partition coefficient (Wildman–Crippen LogP) is 2.69. The third kappa shape index (κ3) is 2.86. The quantitative estimate of drug-likeness (QED) is 0.819. The summed E-state index contributed by atoms with van der Waals surface area (Å²) >= 11 is 0. The first kappa shape index (κ1) is 15.0. The summed E-state index contributed by atoms with van der Waals surface area (Å²) in [7, 11) is 0. The van der Waals surface area contributed by atoms with Gasteiger partial charge < -0.3 is 10.1 Å². The average molecular weight is 292 g/mol. The van der Waals surface area contributed by atoms with Crippen molar-refractivity contribution in [2.24, 2.45) is 5.41 Å². The van der Waals surface area contributed by atoms with Crippen molar-refractivity contribution in [1.29, 1.82) is 0 Å². The first-order chi connectivity index (χ1) is 10.1. The number of nitrogens with one attached hydrogen (secondary N) is 1. The second kappa shape index (κ2) is 6.05. The zero-order valence-electron chi connectivity index (χ0n) is 13.5. The van der Waals surface area contributed by atoms with Crippen LogP contribution >= 0.6 is 0 Å². The monoisotopic (exact) mass is 292 g/mol. The van der Waals surface area contributed by atoms with Gasteiger partial charge in [0.25, 0.3) is 0 Å². The van der Waals surface area contributed by atoms with Crippen LogP contribution in [0.5, 0.6) is 0 Å². The molecule has 3 rings (SSSR count). The Hall–Kier alpha value is -0.940. The number of hydrogen-bond acceptors (Lipinski definition) is 4. The Kier molecular flexibility index (Phi) is 4.31. The van der Waals surface area contributed by atoms with E-state index in [0.717, 1.165) is 38.2 Å². The second-order valence-corrected chi connectivity index (χ2v) is 7.03. The summed E-state index contributed by atoms with van der Waals surface area (Å²) in [5, 5.41) is 8.11. The van der Waals surface area contributed by atoms with Gasteiger partial charge in [-0.15, -0.1) is 0 Å². The van der Waals surface area contributed by atoms with E-state index in [1.807, 2.05) is 4.68 Å². The molecule has 1 aromatic heterocycles. The number of nitrogens with zero attached hydrogens (tertiary/aromatic N) is 3. The number of aryl methyl sites for hydroxylation is 1. The van der Waals surface area contributed by atoms with Gasteiger partial charge in [0.1, 0.15) is 12.2 Å². The van der Waals surface area contributed by atoms with Gasteiger partial charge in [0, 0.05) is 24.6 Å². The van der Waals surface area contributed by atoms with E-state index >= 15 is 0 Å². The van der Waals surface area contributed by atoms with E-state index in [1.165, 1.54) is 12.8 Å². The zero-order valence-corrected chi connectivity index (χ0v) is 13.5. The van der Waals surface area contributed by atoms with E-state index in [2.05, 4.69) is 36.2 Å². The minimum Gasteiger partial charge on any atom is -0.378 e. The Morgan fingerprint density at radius 3 is 3.10 bits per heavy atom. The molecular formula is C16H28N4O. The van der Waals surface area contributed by atoms with E-state index in [4.69, 9.17) is 4.74 Å². The molecule has 1 aliphatic carbocycles. The Morgan fingerprint density at radius 2 is 2.33 bits per heavy atom. The molecule has 1 N–H and O–H groups in total. The molecular weight excluding hydrogens is 264 g/mol. The molecule has 0 radical (unpaired) electrons. The van der Waals surface area contributed by atoms with E-state index in [-0.39, 0.29) is 5.41 Å². The van der Waals surface area contributed by atoms with Crippen LogP contribution in [0, 0.1) is 5.41 Å². The van der Waals surface area contributed by atoms with Crippen LogP contribution in [0.2, 0.25) is 0 Å². The highest BCUT2D eigenvalue weighted by Crippen LogP contribution is 2.44. The number of fused-ring (bicyclic) bond motifs is 1. The fraction of sp³-hybridized carbons (Fsp3) is 0.875. The van der Waals surface area contributed by atoms with Gasteiger partial charge in [-0.1, -0.05) is 27.2 Å². The second-order valence-electron chi connectivity index (χ2n) is 7.03. The third-order valence-electron chi connectivity index (χ3n) is 5.22. The van der Waals surface area contributed by atoms with Crippen molar-refractivity contribution in [2.75, 3.05) is 6.61 Å². The summed E-state index contributed by atoms with van der Waals surface area (Å²) in [5.41, 5.74) is 0.204. The van der Waals surface area contributed by atoms with Crippen LogP contribution in [0.15, 0.2) is 6.33 Å². The van der Waals surface area contributed by atoms with Crippen LogP contribution in [-0.4, -0.2) is 33.5 Å². The molecule has 0 bridgehead atoms. The van der Waals surface area contributed by atoms with Crippen molar-refractivity contribution in [1.82, 2.24) is 20.1 Å². The van der Waals surface area contributed by atoms with E-state index in [1.54, 1.807) is 6.33 Å². The van der Waals surface area contributed by atoms with Crippen molar-refractivity contribution in [3.8, 4) is 0 Å². The molecule has 5 nitrogen and oxygen atoms in total. The minimum absolute atomic E-state index is 0.204. The van der Waals surface area contributed by atoms with Gasteiger partial charge >= 0.3 is 0 Å². The Balaban J connectivity index is 1.56. The molecule has 0 aromatic carbocycles. The lowest BCUT2D eigenvalue weighted by Crippen LogP contribution is -2.61. The van der Waals surface area contributed by atoms with Crippen LogP contribution in [-0.2, 0) is 11.3 Å². The van der Waals surface area contributed by atoms with Gasteiger partial charge in [0.2, 0.25) is 0 Å². The summed E-state index contributed by atoms with van der Waals surface area (Å²) in [6, 6.07) is 0.861. The number of unbranched alkanes of at least 4 members (excludes halogenated alkanes) is 1. The van der Waals surface area contributed by atoms with Crippen LogP contribution in [0.3, 0.4) is 0 Å². The van der Waals surface area contributed by atoms with Crippen molar-refractivity contribution < 1.29 is 4.74 Å². The van der Waals surface area contributed by atoms with Crippen LogP contribution < -0.4 is 5.32 Å². The molecule has 5 heteroatoms. The molecule has 0 saturated heterocycles. The highest BCUT2D eigenvalue weighted by atomic mass is 16.5. The molecule has 1 saturated carbocycles. The van der Waals surface area contributed by atoms with Crippen molar-refractivity contribution in [2.45, 2.75) is 77.6 Å². The fourth-order valence-corrected chi connectivity index (χ4v) is 3.51. The predicted molar refractivity (Wildman–Crippen MR) is 82.0 cm³/mol. The number of rotatable bonds is 6. The number of ether oxygens (including phenoxy) is 1. The molecule has 0 spiro atoms. The van der Waals surface area contributed by atoms with Crippen LogP contribution in [0.4, 0.5) is 0 Å². The minimum atomic E-state index is 0.204. The van der Waals surface area contributed by atoms with Gasteiger partial charge in [-0.05, 0) is 25.7 Å². The third-order valence-corrected chi connectivity index (χ3v) is 5.22. The molecule has 0 amide bonds. The largest absolute Gasteiger partial charge is 0.378 e. The summed E-state index contributed by atoms with van der Waals surface area (Å²) in [5.74, 6) is 1.10. The van der Waals surface area contributed by atoms with E-state index < -0.39 is 0 Å². The van der Waals surface area contributed by atoms with E-state index in [0.29, 0.717) is 18.2 Å². The molecule has 21 heavy (non-hydrogen) atoms. The molecule has 3 atom stereocenters. The van der Waals surface area contributed by atoms with E-state index in [9.17, 15) is 0 Å². The van der Waals surface area contributed by atoms with Gasteiger partial charge in [0.15, 0.2) is 0 Å². The molecule has 1 fully saturated rings. The first-order valence-corrected chi connectivity index (χ1v) is 8.38. The number of aromatic nitrogens is 3. The summed E-state index contributed by atoms with van der Waals surface area (Å²) in [6.45, 7) is 8.74.